The molecule has 4 heteroatoms. The zero-order chi connectivity index (χ0) is 13.4. The van der Waals surface area contributed by atoms with E-state index >= 15 is 0 Å². The van der Waals surface area contributed by atoms with Crippen LogP contribution in [0.1, 0.15) is 20.3 Å². The molecule has 1 aliphatic rings. The van der Waals surface area contributed by atoms with Gasteiger partial charge in [-0.25, -0.2) is 4.79 Å². The van der Waals surface area contributed by atoms with Crippen molar-refractivity contribution < 1.29 is 19.0 Å². The van der Waals surface area contributed by atoms with E-state index in [4.69, 9.17) is 9.47 Å². The van der Waals surface area contributed by atoms with Gasteiger partial charge in [0.05, 0.1) is 19.8 Å². The summed E-state index contributed by atoms with van der Waals surface area (Å²) >= 11 is 0. The van der Waals surface area contributed by atoms with Crippen LogP contribution in [0.25, 0.3) is 0 Å². The van der Waals surface area contributed by atoms with Crippen molar-refractivity contribution >= 4 is 5.97 Å². The first-order chi connectivity index (χ1) is 8.53. The molecule has 0 radical (unpaired) electrons. The molecule has 0 aromatic heterocycles. The molecule has 0 amide bonds. The molecular weight excluding hydrogens is 232 g/mol. The molecule has 0 bridgehead atoms. The summed E-state index contributed by atoms with van der Waals surface area (Å²) < 4.78 is 15.6. The van der Waals surface area contributed by atoms with Crippen LogP contribution in [-0.2, 0) is 19.0 Å². The molecule has 1 atom stereocenters. The molecule has 0 aromatic rings. The second kappa shape index (κ2) is 7.13. The van der Waals surface area contributed by atoms with E-state index in [0.717, 1.165) is 6.42 Å². The predicted molar refractivity (Wildman–Crippen MR) is 69.0 cm³/mol. The molecule has 1 aliphatic heterocycles. The van der Waals surface area contributed by atoms with E-state index in [1.54, 1.807) is 12.2 Å². The lowest BCUT2D eigenvalue weighted by molar-refractivity contribution is -0.137. The fourth-order valence-corrected chi connectivity index (χ4v) is 1.52. The van der Waals surface area contributed by atoms with Crippen LogP contribution in [-0.4, -0.2) is 31.6 Å². The van der Waals surface area contributed by atoms with E-state index in [0.29, 0.717) is 6.61 Å². The van der Waals surface area contributed by atoms with Gasteiger partial charge >= 0.3 is 5.97 Å². The summed E-state index contributed by atoms with van der Waals surface area (Å²) in [6, 6.07) is 0. The summed E-state index contributed by atoms with van der Waals surface area (Å²) in [5.74, 6) is -0.820. The normalized spacial score (nSPS) is 23.4. The Morgan fingerprint density at radius 2 is 2.06 bits per heavy atom. The summed E-state index contributed by atoms with van der Waals surface area (Å²) in [5.41, 5.74) is 0. The SMILES string of the molecule is COC(=O)/C=C/C=C/C=C/C[C@H]1COC(C)(C)O1. The molecule has 1 heterocycles. The predicted octanol–water partition coefficient (Wildman–Crippen LogP) is 2.37. The molecular formula is C14H20O4. The number of carbonyl (C=O) groups excluding carboxylic acids is 1. The van der Waals surface area contributed by atoms with Crippen LogP contribution in [0.3, 0.4) is 0 Å². The lowest BCUT2D eigenvalue weighted by Gasteiger charge is -2.16. The third-order valence-electron chi connectivity index (χ3n) is 2.37. The van der Waals surface area contributed by atoms with Crippen molar-refractivity contribution in [2.45, 2.75) is 32.2 Å². The fourth-order valence-electron chi connectivity index (χ4n) is 1.52. The van der Waals surface area contributed by atoms with Gasteiger partial charge in [-0.15, -0.1) is 0 Å². The van der Waals surface area contributed by atoms with Crippen molar-refractivity contribution in [2.24, 2.45) is 0 Å². The Morgan fingerprint density at radius 3 is 2.67 bits per heavy atom. The highest BCUT2D eigenvalue weighted by atomic mass is 16.7. The molecule has 0 aromatic carbocycles. The van der Waals surface area contributed by atoms with Gasteiger partial charge in [0.1, 0.15) is 0 Å². The monoisotopic (exact) mass is 252 g/mol. The van der Waals surface area contributed by atoms with Crippen LogP contribution < -0.4 is 0 Å². The van der Waals surface area contributed by atoms with Crippen LogP contribution >= 0.6 is 0 Å². The van der Waals surface area contributed by atoms with Gasteiger partial charge in [0.25, 0.3) is 0 Å². The first-order valence-corrected chi connectivity index (χ1v) is 5.93. The third-order valence-corrected chi connectivity index (χ3v) is 2.37. The Hall–Kier alpha value is -1.39. The molecule has 0 spiro atoms. The minimum absolute atomic E-state index is 0.121. The quantitative estimate of drug-likeness (QED) is 0.428. The fraction of sp³-hybridized carbons (Fsp3) is 0.500. The number of carbonyl (C=O) groups is 1. The zero-order valence-electron chi connectivity index (χ0n) is 11.1. The largest absolute Gasteiger partial charge is 0.466 e. The Balaban J connectivity index is 2.20. The van der Waals surface area contributed by atoms with E-state index in [9.17, 15) is 4.79 Å². The van der Waals surface area contributed by atoms with Gasteiger partial charge in [0.2, 0.25) is 0 Å². The lowest BCUT2D eigenvalue weighted by Crippen LogP contribution is -2.21. The first-order valence-electron chi connectivity index (χ1n) is 5.93. The molecule has 0 aliphatic carbocycles. The number of ether oxygens (including phenoxy) is 3. The average Bonchev–Trinajstić information content (AvgIpc) is 2.67. The number of allylic oxidation sites excluding steroid dienone is 4. The Labute approximate surface area is 108 Å². The van der Waals surface area contributed by atoms with E-state index in [1.165, 1.54) is 13.2 Å². The van der Waals surface area contributed by atoms with Gasteiger partial charge in [0.15, 0.2) is 5.79 Å². The second-order valence-corrected chi connectivity index (χ2v) is 4.38. The van der Waals surface area contributed by atoms with Crippen LogP contribution in [0.15, 0.2) is 36.5 Å². The highest BCUT2D eigenvalue weighted by molar-refractivity contribution is 5.82. The van der Waals surface area contributed by atoms with Crippen molar-refractivity contribution in [1.29, 1.82) is 0 Å². The summed E-state index contributed by atoms with van der Waals surface area (Å²) in [6.45, 7) is 4.45. The maximum atomic E-state index is 10.7. The highest BCUT2D eigenvalue weighted by Crippen LogP contribution is 2.24. The van der Waals surface area contributed by atoms with Crippen molar-refractivity contribution in [1.82, 2.24) is 0 Å². The number of esters is 1. The van der Waals surface area contributed by atoms with Crippen LogP contribution in [0, 0.1) is 0 Å². The Kier molecular flexibility index (Phi) is 5.82. The van der Waals surface area contributed by atoms with Gasteiger partial charge in [0, 0.05) is 6.08 Å². The average molecular weight is 252 g/mol. The Bertz CT molecular complexity index is 353. The van der Waals surface area contributed by atoms with E-state index in [1.807, 2.05) is 32.1 Å². The molecule has 1 saturated heterocycles. The maximum absolute atomic E-state index is 10.7. The second-order valence-electron chi connectivity index (χ2n) is 4.38. The van der Waals surface area contributed by atoms with E-state index in [2.05, 4.69) is 4.74 Å². The summed E-state index contributed by atoms with van der Waals surface area (Å²) in [7, 11) is 1.35. The summed E-state index contributed by atoms with van der Waals surface area (Å²) in [4.78, 5) is 10.7. The number of methoxy groups -OCH3 is 1. The molecule has 4 nitrogen and oxygen atoms in total. The molecule has 1 fully saturated rings. The highest BCUT2D eigenvalue weighted by Gasteiger charge is 2.31. The van der Waals surface area contributed by atoms with Gasteiger partial charge in [-0.3, -0.25) is 0 Å². The molecule has 18 heavy (non-hydrogen) atoms. The van der Waals surface area contributed by atoms with Crippen molar-refractivity contribution in [2.75, 3.05) is 13.7 Å². The van der Waals surface area contributed by atoms with Crippen molar-refractivity contribution in [3.05, 3.63) is 36.5 Å². The summed E-state index contributed by atoms with van der Waals surface area (Å²) in [5, 5.41) is 0. The minimum Gasteiger partial charge on any atom is -0.466 e. The molecule has 100 valence electrons. The lowest BCUT2D eigenvalue weighted by atomic mass is 10.2. The van der Waals surface area contributed by atoms with Gasteiger partial charge in [-0.05, 0) is 20.3 Å². The van der Waals surface area contributed by atoms with Gasteiger partial charge in [-0.2, -0.15) is 0 Å². The Morgan fingerprint density at radius 1 is 1.33 bits per heavy atom. The van der Waals surface area contributed by atoms with Gasteiger partial charge in [-0.1, -0.05) is 30.4 Å². The molecule has 0 saturated carbocycles. The van der Waals surface area contributed by atoms with E-state index < -0.39 is 5.79 Å². The maximum Gasteiger partial charge on any atom is 0.330 e. The minimum atomic E-state index is -0.461. The number of hydrogen-bond acceptors (Lipinski definition) is 4. The van der Waals surface area contributed by atoms with Crippen molar-refractivity contribution in [3.63, 3.8) is 0 Å². The topological polar surface area (TPSA) is 44.8 Å². The van der Waals surface area contributed by atoms with Crippen LogP contribution in [0.5, 0.6) is 0 Å². The smallest absolute Gasteiger partial charge is 0.330 e. The first kappa shape index (κ1) is 14.7. The summed E-state index contributed by atoms with van der Waals surface area (Å²) in [6.07, 6.45) is 11.5. The standard InChI is InChI=1S/C14H20O4/c1-14(2)17-11-12(18-14)9-7-5-4-6-8-10-13(15)16-3/h4-8,10,12H,9,11H2,1-3H3/b6-4+,7-5+,10-8+/t12-/m0/s1. The van der Waals surface area contributed by atoms with E-state index in [-0.39, 0.29) is 12.1 Å². The molecule has 0 unspecified atom stereocenters. The van der Waals surface area contributed by atoms with Gasteiger partial charge < -0.3 is 14.2 Å². The number of hydrogen-bond donors (Lipinski definition) is 0. The number of rotatable bonds is 5. The van der Waals surface area contributed by atoms with Crippen LogP contribution in [0.2, 0.25) is 0 Å². The van der Waals surface area contributed by atoms with Crippen molar-refractivity contribution in [3.8, 4) is 0 Å². The third kappa shape index (κ3) is 5.80. The molecule has 0 N–H and O–H groups in total. The zero-order valence-corrected chi connectivity index (χ0v) is 11.1. The molecule has 1 rings (SSSR count). The van der Waals surface area contributed by atoms with Crippen LogP contribution in [0.4, 0.5) is 0 Å².